The Labute approximate surface area is 133 Å². The molecular weight excluding hydrogens is 254 g/mol. The molecule has 0 N–H and O–H groups in total. The first-order valence-electron chi connectivity index (χ1n) is 9.44. The SMILES string of the molecule is CCCCCCC[N+]1(CCCCCCC)C=CC(C)=CC1. The maximum atomic E-state index is 2.50. The van der Waals surface area contributed by atoms with Crippen molar-refractivity contribution < 1.29 is 4.48 Å². The highest BCUT2D eigenvalue weighted by Crippen LogP contribution is 2.20. The van der Waals surface area contributed by atoms with E-state index in [1.54, 1.807) is 0 Å². The number of quaternary nitrogens is 1. The van der Waals surface area contributed by atoms with Gasteiger partial charge in [0.2, 0.25) is 0 Å². The Balaban J connectivity index is 2.35. The van der Waals surface area contributed by atoms with Crippen LogP contribution in [0.5, 0.6) is 0 Å². The summed E-state index contributed by atoms with van der Waals surface area (Å²) in [4.78, 5) is 0. The normalized spacial score (nSPS) is 17.0. The molecule has 1 aliphatic heterocycles. The van der Waals surface area contributed by atoms with Gasteiger partial charge >= 0.3 is 0 Å². The average molecular weight is 293 g/mol. The Morgan fingerprint density at radius 1 is 0.810 bits per heavy atom. The van der Waals surface area contributed by atoms with Crippen molar-refractivity contribution in [2.24, 2.45) is 0 Å². The number of hydrogen-bond donors (Lipinski definition) is 0. The van der Waals surface area contributed by atoms with Crippen LogP contribution in [0.15, 0.2) is 23.9 Å². The van der Waals surface area contributed by atoms with E-state index in [4.69, 9.17) is 0 Å². The topological polar surface area (TPSA) is 0 Å². The van der Waals surface area contributed by atoms with E-state index in [-0.39, 0.29) is 0 Å². The van der Waals surface area contributed by atoms with E-state index in [2.05, 4.69) is 39.1 Å². The van der Waals surface area contributed by atoms with E-state index in [0.29, 0.717) is 0 Å². The number of rotatable bonds is 12. The molecule has 21 heavy (non-hydrogen) atoms. The van der Waals surface area contributed by atoms with Crippen molar-refractivity contribution in [3.05, 3.63) is 23.9 Å². The molecule has 0 atom stereocenters. The van der Waals surface area contributed by atoms with Gasteiger partial charge in [0.15, 0.2) is 0 Å². The molecule has 0 bridgehead atoms. The Morgan fingerprint density at radius 3 is 1.76 bits per heavy atom. The summed E-state index contributed by atoms with van der Waals surface area (Å²) in [5, 5.41) is 0. The minimum Gasteiger partial charge on any atom is -0.294 e. The van der Waals surface area contributed by atoms with Gasteiger partial charge in [-0.3, -0.25) is 4.48 Å². The van der Waals surface area contributed by atoms with E-state index in [1.165, 1.54) is 93.9 Å². The third-order valence-corrected chi connectivity index (χ3v) is 4.84. The summed E-state index contributed by atoms with van der Waals surface area (Å²) in [6, 6.07) is 0. The zero-order valence-electron chi connectivity index (χ0n) is 14.9. The van der Waals surface area contributed by atoms with Crippen molar-refractivity contribution in [2.75, 3.05) is 19.6 Å². The second kappa shape index (κ2) is 11.1. The van der Waals surface area contributed by atoms with Gasteiger partial charge in [-0.1, -0.05) is 52.4 Å². The van der Waals surface area contributed by atoms with Crippen molar-refractivity contribution >= 4 is 0 Å². The molecule has 1 nitrogen and oxygen atoms in total. The van der Waals surface area contributed by atoms with Crippen LogP contribution in [0.2, 0.25) is 0 Å². The van der Waals surface area contributed by atoms with E-state index in [9.17, 15) is 0 Å². The van der Waals surface area contributed by atoms with Gasteiger partial charge in [0.05, 0.1) is 19.3 Å². The molecule has 1 heterocycles. The average Bonchev–Trinajstić information content (AvgIpc) is 2.50. The summed E-state index contributed by atoms with van der Waals surface area (Å²) in [7, 11) is 0. The zero-order chi connectivity index (χ0) is 15.4. The van der Waals surface area contributed by atoms with E-state index in [1.807, 2.05) is 0 Å². The molecule has 0 saturated carbocycles. The first-order chi connectivity index (χ1) is 10.2. The molecule has 0 spiro atoms. The van der Waals surface area contributed by atoms with E-state index < -0.39 is 0 Å². The number of allylic oxidation sites excluding steroid dienone is 2. The molecule has 0 aromatic carbocycles. The fraction of sp³-hybridized carbons (Fsp3) is 0.800. The Morgan fingerprint density at radius 2 is 1.33 bits per heavy atom. The maximum absolute atomic E-state index is 2.50. The molecule has 122 valence electrons. The highest BCUT2D eigenvalue weighted by Gasteiger charge is 2.24. The minimum absolute atomic E-state index is 1.22. The predicted octanol–water partition coefficient (Wildman–Crippen LogP) is 6.22. The van der Waals surface area contributed by atoms with Gasteiger partial charge in [-0.25, -0.2) is 0 Å². The molecule has 0 fully saturated rings. The fourth-order valence-electron chi connectivity index (χ4n) is 3.23. The molecule has 1 aliphatic rings. The van der Waals surface area contributed by atoms with Crippen LogP contribution >= 0.6 is 0 Å². The summed E-state index contributed by atoms with van der Waals surface area (Å²) >= 11 is 0. The van der Waals surface area contributed by atoms with Gasteiger partial charge < -0.3 is 0 Å². The number of hydrogen-bond acceptors (Lipinski definition) is 0. The molecule has 1 rings (SSSR count). The quantitative estimate of drug-likeness (QED) is 0.296. The van der Waals surface area contributed by atoms with Gasteiger partial charge in [0.1, 0.15) is 6.54 Å². The Hall–Kier alpha value is -0.560. The van der Waals surface area contributed by atoms with Crippen molar-refractivity contribution in [3.63, 3.8) is 0 Å². The van der Waals surface area contributed by atoms with Gasteiger partial charge in [0, 0.05) is 0 Å². The van der Waals surface area contributed by atoms with Crippen LogP contribution < -0.4 is 0 Å². The second-order valence-corrected chi connectivity index (χ2v) is 6.94. The number of nitrogens with zero attached hydrogens (tertiary/aromatic N) is 1. The molecule has 0 aromatic heterocycles. The standard InChI is InChI=1S/C20H38N/c1-4-6-8-10-12-16-21(17-13-11-9-7-5-2)18-14-20(3)15-19-21/h14-15,18H,4-13,16-17,19H2,1-3H3/q+1. The highest BCUT2D eigenvalue weighted by molar-refractivity contribution is 5.16. The van der Waals surface area contributed by atoms with Crippen LogP contribution in [0.3, 0.4) is 0 Å². The van der Waals surface area contributed by atoms with Gasteiger partial charge in [-0.2, -0.15) is 0 Å². The third-order valence-electron chi connectivity index (χ3n) is 4.84. The van der Waals surface area contributed by atoms with Crippen LogP contribution in [0.25, 0.3) is 0 Å². The van der Waals surface area contributed by atoms with Crippen molar-refractivity contribution in [1.29, 1.82) is 0 Å². The van der Waals surface area contributed by atoms with Crippen molar-refractivity contribution in [1.82, 2.24) is 0 Å². The van der Waals surface area contributed by atoms with E-state index >= 15 is 0 Å². The fourth-order valence-corrected chi connectivity index (χ4v) is 3.23. The predicted molar refractivity (Wildman–Crippen MR) is 95.3 cm³/mol. The lowest BCUT2D eigenvalue weighted by Crippen LogP contribution is -2.45. The molecule has 0 unspecified atom stereocenters. The van der Waals surface area contributed by atoms with Crippen LogP contribution in [0.4, 0.5) is 0 Å². The van der Waals surface area contributed by atoms with Crippen LogP contribution in [-0.2, 0) is 0 Å². The lowest BCUT2D eigenvalue weighted by Gasteiger charge is -2.36. The minimum atomic E-state index is 1.22. The molecule has 0 amide bonds. The summed E-state index contributed by atoms with van der Waals surface area (Å²) in [5.74, 6) is 0. The summed E-state index contributed by atoms with van der Waals surface area (Å²) in [6.45, 7) is 10.7. The summed E-state index contributed by atoms with van der Waals surface area (Å²) < 4.78 is 1.22. The smallest absolute Gasteiger partial charge is 0.102 e. The molecule has 0 radical (unpaired) electrons. The van der Waals surface area contributed by atoms with Crippen LogP contribution in [-0.4, -0.2) is 24.1 Å². The zero-order valence-corrected chi connectivity index (χ0v) is 14.9. The molecule has 1 heteroatoms. The first kappa shape index (κ1) is 18.5. The number of unbranched alkanes of at least 4 members (excludes halogenated alkanes) is 8. The van der Waals surface area contributed by atoms with Crippen molar-refractivity contribution in [3.8, 4) is 0 Å². The second-order valence-electron chi connectivity index (χ2n) is 6.94. The van der Waals surface area contributed by atoms with E-state index in [0.717, 1.165) is 0 Å². The summed E-state index contributed by atoms with van der Waals surface area (Å²) in [6.07, 6.45) is 21.3. The maximum Gasteiger partial charge on any atom is 0.102 e. The third kappa shape index (κ3) is 7.85. The molecule has 0 aliphatic carbocycles. The Bertz CT molecular complexity index is 300. The largest absolute Gasteiger partial charge is 0.294 e. The van der Waals surface area contributed by atoms with Gasteiger partial charge in [0.25, 0.3) is 0 Å². The Kier molecular flexibility index (Phi) is 9.74. The van der Waals surface area contributed by atoms with Crippen LogP contribution in [0.1, 0.15) is 85.0 Å². The van der Waals surface area contributed by atoms with Gasteiger partial charge in [-0.15, -0.1) is 0 Å². The summed E-state index contributed by atoms with van der Waals surface area (Å²) in [5.41, 5.74) is 1.45. The van der Waals surface area contributed by atoms with Crippen LogP contribution in [0, 0.1) is 0 Å². The lowest BCUT2D eigenvalue weighted by atomic mass is 10.1. The molecular formula is C20H38N+. The molecule has 0 aromatic rings. The lowest BCUT2D eigenvalue weighted by molar-refractivity contribution is -0.875. The molecule has 0 saturated heterocycles. The first-order valence-corrected chi connectivity index (χ1v) is 9.44. The van der Waals surface area contributed by atoms with Crippen molar-refractivity contribution in [2.45, 2.75) is 85.0 Å². The monoisotopic (exact) mass is 292 g/mol. The highest BCUT2D eigenvalue weighted by atomic mass is 15.3. The van der Waals surface area contributed by atoms with Gasteiger partial charge in [-0.05, 0) is 50.3 Å².